The van der Waals surface area contributed by atoms with Gasteiger partial charge in [-0.25, -0.2) is 0 Å². The topological polar surface area (TPSA) is 25.2 Å². The van der Waals surface area contributed by atoms with Gasteiger partial charge in [-0.05, 0) is 51.3 Å². The predicted molar refractivity (Wildman–Crippen MR) is 89.2 cm³/mol. The number of amides is 1. The highest BCUT2D eigenvalue weighted by Crippen LogP contribution is 2.24. The minimum absolute atomic E-state index is 0.162. The van der Waals surface area contributed by atoms with Crippen LogP contribution in [0.4, 0.5) is 0 Å². The lowest BCUT2D eigenvalue weighted by molar-refractivity contribution is 0.0734. The molecule has 0 spiro atoms. The van der Waals surface area contributed by atoms with E-state index in [4.69, 9.17) is 0 Å². The largest absolute Gasteiger partial charge is 0.346 e. The van der Waals surface area contributed by atoms with E-state index in [1.54, 1.807) is 0 Å². The zero-order chi connectivity index (χ0) is 15.9. The van der Waals surface area contributed by atoms with E-state index in [1.807, 2.05) is 11.0 Å². The summed E-state index contributed by atoms with van der Waals surface area (Å²) >= 11 is 0. The first-order chi connectivity index (χ1) is 10.5. The van der Waals surface area contributed by atoms with Crippen molar-refractivity contribution >= 4 is 5.91 Å². The zero-order valence-corrected chi connectivity index (χ0v) is 13.9. The normalized spacial score (nSPS) is 14.3. The molecule has 0 radical (unpaired) electrons. The van der Waals surface area contributed by atoms with Crippen LogP contribution < -0.4 is 0 Å². The molecule has 1 aromatic heterocycles. The fourth-order valence-electron chi connectivity index (χ4n) is 3.63. The van der Waals surface area contributed by atoms with Gasteiger partial charge in [-0.1, -0.05) is 24.3 Å². The summed E-state index contributed by atoms with van der Waals surface area (Å²) in [7, 11) is 0. The average molecular weight is 296 g/mol. The Morgan fingerprint density at radius 3 is 2.45 bits per heavy atom. The minimum atomic E-state index is 0.162. The van der Waals surface area contributed by atoms with E-state index in [-0.39, 0.29) is 5.91 Å². The van der Waals surface area contributed by atoms with Crippen molar-refractivity contribution in [2.75, 3.05) is 6.54 Å². The van der Waals surface area contributed by atoms with E-state index in [2.05, 4.69) is 56.5 Å². The van der Waals surface area contributed by atoms with Crippen LogP contribution in [0.1, 0.15) is 52.8 Å². The van der Waals surface area contributed by atoms with E-state index < -0.39 is 0 Å². The molecule has 1 aliphatic heterocycles. The Kier molecular flexibility index (Phi) is 3.81. The lowest BCUT2D eigenvalue weighted by Crippen LogP contribution is -2.36. The Bertz CT molecular complexity index is 712. The van der Waals surface area contributed by atoms with Crippen LogP contribution in [0.5, 0.6) is 0 Å². The molecule has 116 valence electrons. The molecule has 3 rings (SSSR count). The maximum Gasteiger partial charge on any atom is 0.255 e. The van der Waals surface area contributed by atoms with E-state index in [0.717, 1.165) is 36.5 Å². The molecule has 2 aromatic rings. The molecule has 1 aromatic carbocycles. The van der Waals surface area contributed by atoms with Crippen molar-refractivity contribution in [2.45, 2.75) is 46.7 Å². The van der Waals surface area contributed by atoms with Crippen LogP contribution in [0.15, 0.2) is 30.3 Å². The lowest BCUT2D eigenvalue weighted by atomic mass is 9.99. The van der Waals surface area contributed by atoms with Gasteiger partial charge in [0.15, 0.2) is 0 Å². The number of hydrogen-bond donors (Lipinski definition) is 0. The molecule has 0 N–H and O–H groups in total. The maximum atomic E-state index is 12.9. The first-order valence-corrected chi connectivity index (χ1v) is 8.03. The molecule has 0 bridgehead atoms. The number of benzene rings is 1. The summed E-state index contributed by atoms with van der Waals surface area (Å²) in [5.74, 6) is 0.162. The molecule has 2 heterocycles. The number of rotatable bonds is 2. The first-order valence-electron chi connectivity index (χ1n) is 8.03. The highest BCUT2D eigenvalue weighted by atomic mass is 16.2. The minimum Gasteiger partial charge on any atom is -0.346 e. The fraction of sp³-hybridized carbons (Fsp3) is 0.421. The van der Waals surface area contributed by atoms with Crippen LogP contribution in [-0.4, -0.2) is 21.9 Å². The second kappa shape index (κ2) is 5.64. The summed E-state index contributed by atoms with van der Waals surface area (Å²) in [6.07, 6.45) is 0.949. The number of hydrogen-bond acceptors (Lipinski definition) is 1. The van der Waals surface area contributed by atoms with Gasteiger partial charge in [0.2, 0.25) is 0 Å². The van der Waals surface area contributed by atoms with E-state index >= 15 is 0 Å². The van der Waals surface area contributed by atoms with E-state index in [9.17, 15) is 4.79 Å². The summed E-state index contributed by atoms with van der Waals surface area (Å²) in [5.41, 5.74) is 5.74. The van der Waals surface area contributed by atoms with Gasteiger partial charge in [0.05, 0.1) is 5.56 Å². The van der Waals surface area contributed by atoms with E-state index in [0.29, 0.717) is 6.04 Å². The van der Waals surface area contributed by atoms with Crippen molar-refractivity contribution in [3.63, 3.8) is 0 Å². The quantitative estimate of drug-likeness (QED) is 0.825. The van der Waals surface area contributed by atoms with Crippen LogP contribution in [0.25, 0.3) is 0 Å². The Hall–Kier alpha value is -2.03. The average Bonchev–Trinajstić information content (AvgIpc) is 2.81. The van der Waals surface area contributed by atoms with Crippen LogP contribution in [0.2, 0.25) is 0 Å². The number of carbonyl (C=O) groups is 1. The summed E-state index contributed by atoms with van der Waals surface area (Å²) in [6.45, 7) is 9.98. The molecule has 22 heavy (non-hydrogen) atoms. The number of aryl methyl sites for hydroxylation is 1. The molecule has 0 fully saturated rings. The molecule has 0 saturated carbocycles. The standard InChI is InChI=1S/C19H24N2O/c1-13(2)21-14(3)11-18(15(21)4)19(22)20-10-9-16-7-5-6-8-17(16)12-20/h5-8,11,13H,9-10,12H2,1-4H3. The van der Waals surface area contributed by atoms with Gasteiger partial charge in [-0.3, -0.25) is 4.79 Å². The second-order valence-electron chi connectivity index (χ2n) is 6.49. The van der Waals surface area contributed by atoms with Crippen LogP contribution in [0, 0.1) is 13.8 Å². The zero-order valence-electron chi connectivity index (χ0n) is 13.9. The van der Waals surface area contributed by atoms with Crippen molar-refractivity contribution in [3.8, 4) is 0 Å². The number of nitrogens with zero attached hydrogens (tertiary/aromatic N) is 2. The van der Waals surface area contributed by atoms with Gasteiger partial charge >= 0.3 is 0 Å². The third-order valence-electron chi connectivity index (χ3n) is 4.65. The molecule has 1 aliphatic rings. The predicted octanol–water partition coefficient (Wildman–Crippen LogP) is 3.88. The molecule has 0 saturated heterocycles. The van der Waals surface area contributed by atoms with Crippen LogP contribution in [-0.2, 0) is 13.0 Å². The molecular formula is C19H24N2O. The molecule has 1 amide bonds. The first kappa shape index (κ1) is 14.9. The van der Waals surface area contributed by atoms with Crippen molar-refractivity contribution in [1.29, 1.82) is 0 Å². The highest BCUT2D eigenvalue weighted by molar-refractivity contribution is 5.95. The molecule has 0 unspecified atom stereocenters. The Labute approximate surface area is 132 Å². The summed E-state index contributed by atoms with van der Waals surface area (Å²) in [6, 6.07) is 10.8. The van der Waals surface area contributed by atoms with Gasteiger partial charge in [-0.15, -0.1) is 0 Å². The van der Waals surface area contributed by atoms with Crippen molar-refractivity contribution in [3.05, 3.63) is 58.4 Å². The van der Waals surface area contributed by atoms with E-state index in [1.165, 1.54) is 11.1 Å². The van der Waals surface area contributed by atoms with Crippen molar-refractivity contribution in [1.82, 2.24) is 9.47 Å². The Morgan fingerprint density at radius 2 is 1.82 bits per heavy atom. The fourth-order valence-corrected chi connectivity index (χ4v) is 3.63. The molecule has 0 atom stereocenters. The summed E-state index contributed by atoms with van der Waals surface area (Å²) in [5, 5.41) is 0. The summed E-state index contributed by atoms with van der Waals surface area (Å²) in [4.78, 5) is 14.9. The van der Waals surface area contributed by atoms with Crippen molar-refractivity contribution in [2.24, 2.45) is 0 Å². The summed E-state index contributed by atoms with van der Waals surface area (Å²) < 4.78 is 2.24. The smallest absolute Gasteiger partial charge is 0.255 e. The van der Waals surface area contributed by atoms with Gasteiger partial charge in [-0.2, -0.15) is 0 Å². The molecular weight excluding hydrogens is 272 g/mol. The maximum absolute atomic E-state index is 12.9. The van der Waals surface area contributed by atoms with Gasteiger partial charge in [0.1, 0.15) is 0 Å². The third kappa shape index (κ3) is 2.45. The highest BCUT2D eigenvalue weighted by Gasteiger charge is 2.25. The van der Waals surface area contributed by atoms with Gasteiger partial charge < -0.3 is 9.47 Å². The number of fused-ring (bicyclic) bond motifs is 1. The third-order valence-corrected chi connectivity index (χ3v) is 4.65. The number of carbonyl (C=O) groups excluding carboxylic acids is 1. The molecule has 0 aliphatic carbocycles. The molecule has 3 nitrogen and oxygen atoms in total. The van der Waals surface area contributed by atoms with Crippen LogP contribution in [0.3, 0.4) is 0 Å². The van der Waals surface area contributed by atoms with Gasteiger partial charge in [0, 0.05) is 30.5 Å². The Balaban J connectivity index is 1.88. The molecule has 3 heteroatoms. The number of aromatic nitrogens is 1. The SMILES string of the molecule is Cc1cc(C(=O)N2CCc3ccccc3C2)c(C)n1C(C)C. The monoisotopic (exact) mass is 296 g/mol. The Morgan fingerprint density at radius 1 is 1.14 bits per heavy atom. The van der Waals surface area contributed by atoms with Gasteiger partial charge in [0.25, 0.3) is 5.91 Å². The van der Waals surface area contributed by atoms with Crippen molar-refractivity contribution < 1.29 is 4.79 Å². The van der Waals surface area contributed by atoms with Crippen LogP contribution >= 0.6 is 0 Å². The second-order valence-corrected chi connectivity index (χ2v) is 6.49. The lowest BCUT2D eigenvalue weighted by Gasteiger charge is -2.29.